The SMILES string of the molecule is Cc1nc(CC(=O)Nc2ccc(F)cc2F)sc1C(=O)NC1CC1. The Morgan fingerprint density at radius 3 is 2.75 bits per heavy atom. The number of nitrogens with zero attached hydrogens (tertiary/aromatic N) is 1. The number of anilines is 1. The zero-order valence-corrected chi connectivity index (χ0v) is 13.7. The molecule has 5 nitrogen and oxygen atoms in total. The molecular weight excluding hydrogens is 336 g/mol. The number of carbonyl (C=O) groups is 2. The predicted molar refractivity (Wildman–Crippen MR) is 86.0 cm³/mol. The van der Waals surface area contributed by atoms with Crippen molar-refractivity contribution in [3.63, 3.8) is 0 Å². The van der Waals surface area contributed by atoms with E-state index in [4.69, 9.17) is 0 Å². The molecule has 0 bridgehead atoms. The highest BCUT2D eigenvalue weighted by atomic mass is 32.1. The van der Waals surface area contributed by atoms with Crippen LogP contribution in [0.4, 0.5) is 14.5 Å². The molecule has 1 aromatic carbocycles. The fourth-order valence-corrected chi connectivity index (χ4v) is 3.11. The first-order valence-electron chi connectivity index (χ1n) is 7.44. The van der Waals surface area contributed by atoms with Crippen LogP contribution in [-0.2, 0) is 11.2 Å². The molecule has 24 heavy (non-hydrogen) atoms. The smallest absolute Gasteiger partial charge is 0.263 e. The van der Waals surface area contributed by atoms with Crippen molar-refractivity contribution < 1.29 is 18.4 Å². The normalized spacial score (nSPS) is 13.6. The standard InChI is InChI=1S/C16H15F2N3O2S/c1-8-15(16(23)20-10-3-4-10)24-14(19-8)7-13(22)21-12-5-2-9(17)6-11(12)18/h2,5-6,10H,3-4,7H2,1H3,(H,20,23)(H,21,22). The van der Waals surface area contributed by atoms with Gasteiger partial charge in [-0.15, -0.1) is 11.3 Å². The van der Waals surface area contributed by atoms with Gasteiger partial charge >= 0.3 is 0 Å². The van der Waals surface area contributed by atoms with Crippen LogP contribution in [0.2, 0.25) is 0 Å². The van der Waals surface area contributed by atoms with Gasteiger partial charge in [0.05, 0.1) is 17.8 Å². The summed E-state index contributed by atoms with van der Waals surface area (Å²) in [5.41, 5.74) is 0.468. The summed E-state index contributed by atoms with van der Waals surface area (Å²) in [6.45, 7) is 1.71. The van der Waals surface area contributed by atoms with E-state index < -0.39 is 17.5 Å². The maximum atomic E-state index is 13.5. The van der Waals surface area contributed by atoms with Gasteiger partial charge in [0.1, 0.15) is 21.5 Å². The Morgan fingerprint density at radius 1 is 1.33 bits per heavy atom. The number of thiazole rings is 1. The van der Waals surface area contributed by atoms with Crippen molar-refractivity contribution in [2.45, 2.75) is 32.2 Å². The number of halogens is 2. The van der Waals surface area contributed by atoms with Gasteiger partial charge in [0.25, 0.3) is 5.91 Å². The topological polar surface area (TPSA) is 71.1 Å². The molecule has 1 saturated carbocycles. The zero-order chi connectivity index (χ0) is 17.3. The van der Waals surface area contributed by atoms with Gasteiger partial charge in [-0.2, -0.15) is 0 Å². The molecule has 2 aromatic rings. The van der Waals surface area contributed by atoms with Crippen molar-refractivity contribution in [3.05, 3.63) is 45.4 Å². The number of hydrogen-bond acceptors (Lipinski definition) is 4. The second-order valence-electron chi connectivity index (χ2n) is 5.62. The van der Waals surface area contributed by atoms with Gasteiger partial charge in [0, 0.05) is 12.1 Å². The van der Waals surface area contributed by atoms with Crippen LogP contribution < -0.4 is 10.6 Å². The van der Waals surface area contributed by atoms with E-state index in [-0.39, 0.29) is 24.1 Å². The van der Waals surface area contributed by atoms with Crippen LogP contribution in [-0.4, -0.2) is 22.8 Å². The molecule has 0 unspecified atom stereocenters. The molecule has 2 amide bonds. The van der Waals surface area contributed by atoms with Crippen molar-refractivity contribution >= 4 is 28.8 Å². The van der Waals surface area contributed by atoms with Crippen LogP contribution in [0.3, 0.4) is 0 Å². The lowest BCUT2D eigenvalue weighted by Gasteiger charge is -2.05. The first-order chi connectivity index (χ1) is 11.4. The number of rotatable bonds is 5. The molecule has 0 spiro atoms. The average Bonchev–Trinajstić information content (AvgIpc) is 3.23. The maximum absolute atomic E-state index is 13.5. The van der Waals surface area contributed by atoms with Crippen LogP contribution in [0.1, 0.15) is 33.2 Å². The second kappa shape index (κ2) is 6.64. The van der Waals surface area contributed by atoms with E-state index in [0.29, 0.717) is 21.6 Å². The first kappa shape index (κ1) is 16.5. The largest absolute Gasteiger partial charge is 0.349 e. The Hall–Kier alpha value is -2.35. The molecule has 0 saturated heterocycles. The molecule has 0 aliphatic heterocycles. The molecule has 126 valence electrons. The highest BCUT2D eigenvalue weighted by Crippen LogP contribution is 2.23. The maximum Gasteiger partial charge on any atom is 0.263 e. The Labute approximate surface area is 141 Å². The number of hydrogen-bond donors (Lipinski definition) is 2. The monoisotopic (exact) mass is 351 g/mol. The summed E-state index contributed by atoms with van der Waals surface area (Å²) in [6, 6.07) is 3.16. The first-order valence-corrected chi connectivity index (χ1v) is 8.26. The van der Waals surface area contributed by atoms with Gasteiger partial charge in [0.2, 0.25) is 5.91 Å². The molecular formula is C16H15F2N3O2S. The summed E-state index contributed by atoms with van der Waals surface area (Å²) < 4.78 is 26.4. The fourth-order valence-electron chi connectivity index (χ4n) is 2.14. The zero-order valence-electron chi connectivity index (χ0n) is 12.9. The lowest BCUT2D eigenvalue weighted by Crippen LogP contribution is -2.25. The number of nitrogens with one attached hydrogen (secondary N) is 2. The summed E-state index contributed by atoms with van der Waals surface area (Å²) in [6.07, 6.45) is 1.89. The van der Waals surface area contributed by atoms with Crippen molar-refractivity contribution in [1.82, 2.24) is 10.3 Å². The second-order valence-corrected chi connectivity index (χ2v) is 6.70. The minimum absolute atomic E-state index is 0.0843. The van der Waals surface area contributed by atoms with E-state index in [1.165, 1.54) is 0 Å². The lowest BCUT2D eigenvalue weighted by atomic mass is 10.3. The Balaban J connectivity index is 1.64. The van der Waals surface area contributed by atoms with Crippen molar-refractivity contribution in [1.29, 1.82) is 0 Å². The van der Waals surface area contributed by atoms with Gasteiger partial charge < -0.3 is 10.6 Å². The molecule has 1 heterocycles. The molecule has 2 N–H and O–H groups in total. The predicted octanol–water partition coefficient (Wildman–Crippen LogP) is 2.80. The van der Waals surface area contributed by atoms with Crippen LogP contribution in [0, 0.1) is 18.6 Å². The van der Waals surface area contributed by atoms with Gasteiger partial charge in [-0.3, -0.25) is 9.59 Å². The number of aryl methyl sites for hydroxylation is 1. The van der Waals surface area contributed by atoms with Crippen LogP contribution in [0.15, 0.2) is 18.2 Å². The Bertz CT molecular complexity index is 803. The average molecular weight is 351 g/mol. The summed E-state index contributed by atoms with van der Waals surface area (Å²) in [4.78, 5) is 28.8. The molecule has 8 heteroatoms. The van der Waals surface area contributed by atoms with E-state index in [1.807, 2.05) is 0 Å². The highest BCUT2D eigenvalue weighted by molar-refractivity contribution is 7.13. The van der Waals surface area contributed by atoms with Crippen molar-refractivity contribution in [3.8, 4) is 0 Å². The quantitative estimate of drug-likeness (QED) is 0.870. The van der Waals surface area contributed by atoms with Crippen molar-refractivity contribution in [2.75, 3.05) is 5.32 Å². The third-order valence-electron chi connectivity index (χ3n) is 3.48. The van der Waals surface area contributed by atoms with Crippen LogP contribution >= 0.6 is 11.3 Å². The van der Waals surface area contributed by atoms with E-state index in [9.17, 15) is 18.4 Å². The molecule has 3 rings (SSSR count). The number of carbonyl (C=O) groups excluding carboxylic acids is 2. The van der Waals surface area contributed by atoms with Gasteiger partial charge in [0.15, 0.2) is 0 Å². The third kappa shape index (κ3) is 3.94. The number of benzene rings is 1. The summed E-state index contributed by atoms with van der Waals surface area (Å²) >= 11 is 1.15. The molecule has 1 fully saturated rings. The van der Waals surface area contributed by atoms with Gasteiger partial charge in [-0.05, 0) is 31.9 Å². The molecule has 1 aliphatic carbocycles. The van der Waals surface area contributed by atoms with E-state index in [2.05, 4.69) is 15.6 Å². The number of aromatic nitrogens is 1. The van der Waals surface area contributed by atoms with Gasteiger partial charge in [-0.1, -0.05) is 0 Å². The van der Waals surface area contributed by atoms with Gasteiger partial charge in [-0.25, -0.2) is 13.8 Å². The van der Waals surface area contributed by atoms with Crippen molar-refractivity contribution in [2.24, 2.45) is 0 Å². The Kier molecular flexibility index (Phi) is 4.57. The molecule has 0 atom stereocenters. The molecule has 1 aromatic heterocycles. The van der Waals surface area contributed by atoms with Crippen LogP contribution in [0.5, 0.6) is 0 Å². The van der Waals surface area contributed by atoms with E-state index in [1.54, 1.807) is 6.92 Å². The number of amides is 2. The Morgan fingerprint density at radius 2 is 2.08 bits per heavy atom. The summed E-state index contributed by atoms with van der Waals surface area (Å²) in [5.74, 6) is -2.22. The van der Waals surface area contributed by atoms with Crippen LogP contribution in [0.25, 0.3) is 0 Å². The lowest BCUT2D eigenvalue weighted by molar-refractivity contribution is -0.115. The molecule has 0 radical (unpaired) electrons. The fraction of sp³-hybridized carbons (Fsp3) is 0.312. The summed E-state index contributed by atoms with van der Waals surface area (Å²) in [7, 11) is 0. The molecule has 1 aliphatic rings. The highest BCUT2D eigenvalue weighted by Gasteiger charge is 2.26. The summed E-state index contributed by atoms with van der Waals surface area (Å²) in [5, 5.41) is 5.71. The van der Waals surface area contributed by atoms with E-state index in [0.717, 1.165) is 36.3 Å². The minimum atomic E-state index is -0.844. The van der Waals surface area contributed by atoms with E-state index >= 15 is 0 Å². The third-order valence-corrected chi connectivity index (χ3v) is 4.63. The minimum Gasteiger partial charge on any atom is -0.349 e.